The lowest BCUT2D eigenvalue weighted by Gasteiger charge is -2.26. The summed E-state index contributed by atoms with van der Waals surface area (Å²) in [5.74, 6) is 3.54. The van der Waals surface area contributed by atoms with E-state index in [2.05, 4.69) is 42.6 Å². The Bertz CT molecular complexity index is 947. The fraction of sp³-hybridized carbons (Fsp3) is 0.409. The number of imidazole rings is 1. The van der Waals surface area contributed by atoms with Crippen LogP contribution in [0.3, 0.4) is 0 Å². The van der Waals surface area contributed by atoms with Crippen molar-refractivity contribution in [2.75, 3.05) is 26.7 Å². The molecule has 0 bridgehead atoms. The predicted molar refractivity (Wildman–Crippen MR) is 132 cm³/mol. The second-order valence-electron chi connectivity index (χ2n) is 7.45. The van der Waals surface area contributed by atoms with E-state index in [0.717, 1.165) is 48.6 Å². The van der Waals surface area contributed by atoms with Gasteiger partial charge in [-0.2, -0.15) is 0 Å². The molecule has 2 N–H and O–H groups in total. The second-order valence-corrected chi connectivity index (χ2v) is 7.45. The smallest absolute Gasteiger partial charge is 0.191 e. The van der Waals surface area contributed by atoms with Gasteiger partial charge in [-0.3, -0.25) is 14.5 Å². The number of aromatic nitrogens is 3. The number of guanidine groups is 1. The standard InChI is InChI=1S/C22H29N7O.HI/c1-17-24-9-12-29(17)21-8-7-18(14-25-21)15-26-22(23-2)27-16-19(20-6-5-13-30-20)28-10-3-4-11-28;/h5-9,12-14,19H,3-4,10-11,15-16H2,1-2H3,(H2,23,26,27);1H. The van der Waals surface area contributed by atoms with Crippen molar-refractivity contribution in [2.45, 2.75) is 32.4 Å². The van der Waals surface area contributed by atoms with Gasteiger partial charge in [0.05, 0.1) is 12.3 Å². The third kappa shape index (κ3) is 5.85. The Morgan fingerprint density at radius 1 is 1.19 bits per heavy atom. The maximum absolute atomic E-state index is 5.70. The highest BCUT2D eigenvalue weighted by atomic mass is 127. The molecule has 0 aromatic carbocycles. The zero-order chi connectivity index (χ0) is 20.8. The van der Waals surface area contributed by atoms with Gasteiger partial charge in [0.15, 0.2) is 5.96 Å². The van der Waals surface area contributed by atoms with Crippen molar-refractivity contribution in [3.05, 3.63) is 66.3 Å². The first-order valence-corrected chi connectivity index (χ1v) is 10.4. The van der Waals surface area contributed by atoms with Crippen LogP contribution in [0.25, 0.3) is 5.82 Å². The molecule has 0 amide bonds. The quantitative estimate of drug-likeness (QED) is 0.275. The number of nitrogens with zero attached hydrogens (tertiary/aromatic N) is 5. The van der Waals surface area contributed by atoms with Crippen LogP contribution in [0.5, 0.6) is 0 Å². The monoisotopic (exact) mass is 535 g/mol. The molecule has 1 saturated heterocycles. The Morgan fingerprint density at radius 3 is 2.65 bits per heavy atom. The molecule has 3 aromatic heterocycles. The van der Waals surface area contributed by atoms with E-state index in [1.54, 1.807) is 19.5 Å². The van der Waals surface area contributed by atoms with Crippen molar-refractivity contribution in [3.63, 3.8) is 0 Å². The molecule has 1 fully saturated rings. The van der Waals surface area contributed by atoms with E-state index < -0.39 is 0 Å². The van der Waals surface area contributed by atoms with Gasteiger partial charge in [-0.15, -0.1) is 24.0 Å². The minimum absolute atomic E-state index is 0. The van der Waals surface area contributed by atoms with Crippen molar-refractivity contribution >= 4 is 29.9 Å². The fourth-order valence-corrected chi connectivity index (χ4v) is 3.83. The summed E-state index contributed by atoms with van der Waals surface area (Å²) < 4.78 is 7.66. The number of pyridine rings is 1. The van der Waals surface area contributed by atoms with Crippen molar-refractivity contribution in [3.8, 4) is 5.82 Å². The number of rotatable bonds is 7. The number of likely N-dealkylation sites (tertiary alicyclic amines) is 1. The van der Waals surface area contributed by atoms with Gasteiger partial charge in [-0.25, -0.2) is 9.97 Å². The molecule has 8 nitrogen and oxygen atoms in total. The second kappa shape index (κ2) is 11.3. The SMILES string of the molecule is CN=C(NCc1ccc(-n2ccnc2C)nc1)NCC(c1ccco1)N1CCCC1.I. The molecule has 166 valence electrons. The lowest BCUT2D eigenvalue weighted by atomic mass is 10.2. The normalized spacial score (nSPS) is 15.5. The number of halogens is 1. The highest BCUT2D eigenvalue weighted by Gasteiger charge is 2.25. The minimum Gasteiger partial charge on any atom is -0.468 e. The van der Waals surface area contributed by atoms with Crippen molar-refractivity contribution in [2.24, 2.45) is 4.99 Å². The van der Waals surface area contributed by atoms with Gasteiger partial charge in [-0.05, 0) is 56.6 Å². The van der Waals surface area contributed by atoms with Gasteiger partial charge in [0.1, 0.15) is 17.4 Å². The summed E-state index contributed by atoms with van der Waals surface area (Å²) in [5.41, 5.74) is 1.08. The Morgan fingerprint density at radius 2 is 2.03 bits per heavy atom. The molecule has 0 aliphatic carbocycles. The van der Waals surface area contributed by atoms with Crippen LogP contribution >= 0.6 is 24.0 Å². The summed E-state index contributed by atoms with van der Waals surface area (Å²) in [6, 6.07) is 8.28. The average molecular weight is 535 g/mol. The molecule has 1 aliphatic heterocycles. The van der Waals surface area contributed by atoms with Gasteiger partial charge in [0.2, 0.25) is 0 Å². The van der Waals surface area contributed by atoms with Crippen LogP contribution < -0.4 is 10.6 Å². The zero-order valence-electron chi connectivity index (χ0n) is 18.0. The van der Waals surface area contributed by atoms with Gasteiger partial charge >= 0.3 is 0 Å². The largest absolute Gasteiger partial charge is 0.468 e. The van der Waals surface area contributed by atoms with E-state index in [9.17, 15) is 0 Å². The van der Waals surface area contributed by atoms with E-state index in [0.29, 0.717) is 6.54 Å². The van der Waals surface area contributed by atoms with Gasteiger partial charge in [-0.1, -0.05) is 6.07 Å². The number of aryl methyl sites for hydroxylation is 1. The van der Waals surface area contributed by atoms with Gasteiger partial charge < -0.3 is 15.1 Å². The number of aliphatic imine (C=N–C) groups is 1. The molecule has 4 heterocycles. The van der Waals surface area contributed by atoms with Crippen LogP contribution in [0.2, 0.25) is 0 Å². The molecule has 0 saturated carbocycles. The first-order valence-electron chi connectivity index (χ1n) is 10.4. The highest BCUT2D eigenvalue weighted by molar-refractivity contribution is 14.0. The third-order valence-corrected chi connectivity index (χ3v) is 5.48. The molecule has 1 unspecified atom stereocenters. The van der Waals surface area contributed by atoms with Crippen molar-refractivity contribution in [1.29, 1.82) is 0 Å². The number of hydrogen-bond donors (Lipinski definition) is 2. The minimum atomic E-state index is 0. The average Bonchev–Trinajstić information content (AvgIpc) is 3.54. The molecule has 1 aliphatic rings. The number of furan rings is 1. The molecule has 0 radical (unpaired) electrons. The van der Waals surface area contributed by atoms with Crippen molar-refractivity contribution in [1.82, 2.24) is 30.1 Å². The summed E-state index contributed by atoms with van der Waals surface area (Å²) in [4.78, 5) is 15.6. The lowest BCUT2D eigenvalue weighted by Crippen LogP contribution is -2.42. The molecule has 0 spiro atoms. The Kier molecular flexibility index (Phi) is 8.47. The number of hydrogen-bond acceptors (Lipinski definition) is 5. The Balaban J connectivity index is 0.00000272. The molecule has 1 atom stereocenters. The summed E-state index contributed by atoms with van der Waals surface area (Å²) in [7, 11) is 1.79. The van der Waals surface area contributed by atoms with Crippen molar-refractivity contribution < 1.29 is 4.42 Å². The van der Waals surface area contributed by atoms with Crippen LogP contribution in [-0.4, -0.2) is 52.1 Å². The molecule has 31 heavy (non-hydrogen) atoms. The van der Waals surface area contributed by atoms with Crippen LogP contribution in [0.1, 0.15) is 36.0 Å². The summed E-state index contributed by atoms with van der Waals surface area (Å²) in [6.45, 7) is 5.56. The first kappa shape index (κ1) is 23.3. The molecular weight excluding hydrogens is 505 g/mol. The maximum atomic E-state index is 5.70. The van der Waals surface area contributed by atoms with E-state index >= 15 is 0 Å². The van der Waals surface area contributed by atoms with E-state index in [4.69, 9.17) is 4.42 Å². The lowest BCUT2D eigenvalue weighted by molar-refractivity contribution is 0.215. The predicted octanol–water partition coefficient (Wildman–Crippen LogP) is 3.29. The van der Waals surface area contributed by atoms with Crippen LogP contribution in [0.15, 0.2) is 58.5 Å². The summed E-state index contributed by atoms with van der Waals surface area (Å²) in [5, 5.41) is 6.82. The summed E-state index contributed by atoms with van der Waals surface area (Å²) >= 11 is 0. The highest BCUT2D eigenvalue weighted by Crippen LogP contribution is 2.24. The topological polar surface area (TPSA) is 83.5 Å². The third-order valence-electron chi connectivity index (χ3n) is 5.48. The van der Waals surface area contributed by atoms with E-state index in [-0.39, 0.29) is 30.0 Å². The van der Waals surface area contributed by atoms with Crippen LogP contribution in [0, 0.1) is 6.92 Å². The fourth-order valence-electron chi connectivity index (χ4n) is 3.83. The molecule has 3 aromatic rings. The van der Waals surface area contributed by atoms with Gasteiger partial charge in [0, 0.05) is 38.7 Å². The first-order chi connectivity index (χ1) is 14.7. The van der Waals surface area contributed by atoms with Gasteiger partial charge in [0.25, 0.3) is 0 Å². The summed E-state index contributed by atoms with van der Waals surface area (Å²) in [6.07, 6.45) is 9.80. The van der Waals surface area contributed by atoms with E-state index in [1.807, 2.05) is 36.0 Å². The molecule has 9 heteroatoms. The molecular formula is C22H30IN7O. The Hall–Kier alpha value is -2.40. The van der Waals surface area contributed by atoms with Crippen LogP contribution in [-0.2, 0) is 6.54 Å². The number of nitrogens with one attached hydrogen (secondary N) is 2. The van der Waals surface area contributed by atoms with Crippen LogP contribution in [0.4, 0.5) is 0 Å². The maximum Gasteiger partial charge on any atom is 0.191 e. The Labute approximate surface area is 200 Å². The zero-order valence-corrected chi connectivity index (χ0v) is 20.3. The van der Waals surface area contributed by atoms with E-state index in [1.165, 1.54) is 12.8 Å². The molecule has 4 rings (SSSR count).